The van der Waals surface area contributed by atoms with Crippen LogP contribution in [-0.2, 0) is 19.4 Å². The highest BCUT2D eigenvalue weighted by molar-refractivity contribution is 7.92. The number of Topliss-reactive ketones (excluding diaryl/α,β-unsaturated/α-hetero) is 1. The summed E-state index contributed by atoms with van der Waals surface area (Å²) in [5.74, 6) is -1.80. The van der Waals surface area contributed by atoms with Gasteiger partial charge in [-0.15, -0.1) is 0 Å². The quantitative estimate of drug-likeness (QED) is 0.867. The third kappa shape index (κ3) is 6.35. The topological polar surface area (TPSA) is 80.3 Å². The van der Waals surface area contributed by atoms with Crippen molar-refractivity contribution in [2.75, 3.05) is 16.8 Å². The molecule has 5 nitrogen and oxygen atoms in total. The molecule has 0 radical (unpaired) electrons. The van der Waals surface area contributed by atoms with E-state index in [0.717, 1.165) is 0 Å². The Labute approximate surface area is 116 Å². The number of halogens is 1. The van der Waals surface area contributed by atoms with Crippen LogP contribution in [0, 0.1) is 0 Å². The van der Waals surface area contributed by atoms with E-state index in [1.54, 1.807) is 24.3 Å². The number of hydrogen-bond donors (Lipinski definition) is 1. The molecule has 1 aromatic rings. The molecule has 0 aliphatic carbocycles. The van der Waals surface area contributed by atoms with Crippen LogP contribution in [0.25, 0.3) is 0 Å². The van der Waals surface area contributed by atoms with Crippen LogP contribution in [0.5, 0.6) is 0 Å². The van der Waals surface area contributed by atoms with E-state index >= 15 is 0 Å². The Hall–Kier alpha value is -1.40. The van der Waals surface area contributed by atoms with Crippen molar-refractivity contribution in [1.82, 2.24) is 0 Å². The average molecular weight is 304 g/mol. The van der Waals surface area contributed by atoms with Gasteiger partial charge in [-0.3, -0.25) is 9.59 Å². The van der Waals surface area contributed by atoms with Crippen molar-refractivity contribution in [1.29, 1.82) is 0 Å². The van der Waals surface area contributed by atoms with Crippen molar-refractivity contribution in [3.8, 4) is 0 Å². The molecule has 0 bridgehead atoms. The molecule has 104 valence electrons. The lowest BCUT2D eigenvalue weighted by Crippen LogP contribution is -2.25. The SMILES string of the molecule is CC(=O)CCS(=O)(=O)CC(=O)Nc1ccc(Cl)cc1. The zero-order valence-corrected chi connectivity index (χ0v) is 11.9. The number of carbonyl (C=O) groups excluding carboxylic acids is 2. The molecule has 0 unspecified atom stereocenters. The lowest BCUT2D eigenvalue weighted by Gasteiger charge is -2.06. The molecule has 0 saturated heterocycles. The van der Waals surface area contributed by atoms with Gasteiger partial charge in [0.1, 0.15) is 11.5 Å². The maximum atomic E-state index is 11.6. The maximum absolute atomic E-state index is 11.6. The van der Waals surface area contributed by atoms with Crippen molar-refractivity contribution in [3.05, 3.63) is 29.3 Å². The number of sulfone groups is 1. The fraction of sp³-hybridized carbons (Fsp3) is 0.333. The van der Waals surface area contributed by atoms with Crippen molar-refractivity contribution >= 4 is 38.8 Å². The van der Waals surface area contributed by atoms with Gasteiger partial charge >= 0.3 is 0 Å². The summed E-state index contributed by atoms with van der Waals surface area (Å²) < 4.78 is 23.1. The van der Waals surface area contributed by atoms with Gasteiger partial charge in [0.25, 0.3) is 0 Å². The van der Waals surface area contributed by atoms with E-state index in [1.165, 1.54) is 6.92 Å². The molecule has 0 spiro atoms. The van der Waals surface area contributed by atoms with Crippen LogP contribution < -0.4 is 5.32 Å². The van der Waals surface area contributed by atoms with Crippen LogP contribution in [0.3, 0.4) is 0 Å². The second kappa shape index (κ2) is 6.68. The Morgan fingerprint density at radius 1 is 1.21 bits per heavy atom. The number of amides is 1. The minimum absolute atomic E-state index is 0.0729. The highest BCUT2D eigenvalue weighted by atomic mass is 35.5. The molecule has 0 saturated carbocycles. The zero-order valence-electron chi connectivity index (χ0n) is 10.3. The number of benzene rings is 1. The number of ketones is 1. The normalized spacial score (nSPS) is 11.1. The predicted molar refractivity (Wildman–Crippen MR) is 74.0 cm³/mol. The summed E-state index contributed by atoms with van der Waals surface area (Å²) in [6.07, 6.45) is -0.0729. The number of nitrogens with one attached hydrogen (secondary N) is 1. The Kier molecular flexibility index (Phi) is 5.50. The number of carbonyl (C=O) groups is 2. The van der Waals surface area contributed by atoms with Gasteiger partial charge in [-0.05, 0) is 31.2 Å². The second-order valence-corrected chi connectivity index (χ2v) is 6.72. The molecule has 7 heteroatoms. The second-order valence-electron chi connectivity index (χ2n) is 4.10. The number of hydrogen-bond acceptors (Lipinski definition) is 4. The van der Waals surface area contributed by atoms with E-state index in [0.29, 0.717) is 10.7 Å². The molecule has 0 atom stereocenters. The van der Waals surface area contributed by atoms with Crippen molar-refractivity contribution < 1.29 is 18.0 Å². The third-order valence-electron chi connectivity index (χ3n) is 2.24. The molecule has 0 heterocycles. The molecule has 1 aromatic carbocycles. The Balaban J connectivity index is 2.55. The summed E-state index contributed by atoms with van der Waals surface area (Å²) in [5.41, 5.74) is 0.469. The first-order valence-corrected chi connectivity index (χ1v) is 7.74. The van der Waals surface area contributed by atoms with E-state index in [-0.39, 0.29) is 18.0 Å². The fourth-order valence-electron chi connectivity index (χ4n) is 1.30. The molecular weight excluding hydrogens is 290 g/mol. The van der Waals surface area contributed by atoms with Crippen LogP contribution in [0.15, 0.2) is 24.3 Å². The van der Waals surface area contributed by atoms with Gasteiger partial charge in [0.15, 0.2) is 9.84 Å². The fourth-order valence-corrected chi connectivity index (χ4v) is 2.64. The van der Waals surface area contributed by atoms with Gasteiger partial charge in [0.05, 0.1) is 5.75 Å². The summed E-state index contributed by atoms with van der Waals surface area (Å²) in [7, 11) is -3.56. The summed E-state index contributed by atoms with van der Waals surface area (Å²) in [6.45, 7) is 1.31. The number of rotatable bonds is 6. The monoisotopic (exact) mass is 303 g/mol. The van der Waals surface area contributed by atoms with Crippen LogP contribution in [0.2, 0.25) is 5.02 Å². The van der Waals surface area contributed by atoms with Crippen molar-refractivity contribution in [3.63, 3.8) is 0 Å². The molecule has 1 amide bonds. The predicted octanol–water partition coefficient (Wildman–Crippen LogP) is 1.67. The summed E-state index contributed by atoms with van der Waals surface area (Å²) in [6, 6.07) is 6.31. The van der Waals surface area contributed by atoms with E-state index in [1.807, 2.05) is 0 Å². The minimum atomic E-state index is -3.56. The largest absolute Gasteiger partial charge is 0.325 e. The Morgan fingerprint density at radius 3 is 2.32 bits per heavy atom. The van der Waals surface area contributed by atoms with E-state index in [2.05, 4.69) is 5.32 Å². The van der Waals surface area contributed by atoms with E-state index in [4.69, 9.17) is 11.6 Å². The highest BCUT2D eigenvalue weighted by Gasteiger charge is 2.17. The van der Waals surface area contributed by atoms with Crippen molar-refractivity contribution in [2.45, 2.75) is 13.3 Å². The molecule has 1 rings (SSSR count). The van der Waals surface area contributed by atoms with E-state index in [9.17, 15) is 18.0 Å². The van der Waals surface area contributed by atoms with Gasteiger partial charge < -0.3 is 5.32 Å². The van der Waals surface area contributed by atoms with Crippen LogP contribution in [-0.4, -0.2) is 31.6 Å². The summed E-state index contributed by atoms with van der Waals surface area (Å²) >= 11 is 5.69. The summed E-state index contributed by atoms with van der Waals surface area (Å²) in [4.78, 5) is 22.3. The van der Waals surface area contributed by atoms with E-state index < -0.39 is 21.5 Å². The van der Waals surface area contributed by atoms with Gasteiger partial charge in [-0.1, -0.05) is 11.6 Å². The molecule has 1 N–H and O–H groups in total. The first-order chi connectivity index (χ1) is 8.78. The van der Waals surface area contributed by atoms with Gasteiger partial charge in [-0.25, -0.2) is 8.42 Å². The lowest BCUT2D eigenvalue weighted by molar-refractivity contribution is -0.117. The van der Waals surface area contributed by atoms with Crippen LogP contribution >= 0.6 is 11.6 Å². The number of anilines is 1. The third-order valence-corrected chi connectivity index (χ3v) is 4.02. The smallest absolute Gasteiger partial charge is 0.239 e. The molecule has 0 aliphatic heterocycles. The van der Waals surface area contributed by atoms with Gasteiger partial charge in [0.2, 0.25) is 5.91 Å². The summed E-state index contributed by atoms with van der Waals surface area (Å²) in [5, 5.41) is 2.97. The maximum Gasteiger partial charge on any atom is 0.239 e. The minimum Gasteiger partial charge on any atom is -0.325 e. The van der Waals surface area contributed by atoms with Crippen LogP contribution in [0.4, 0.5) is 5.69 Å². The standard InChI is InChI=1S/C12H14ClNO4S/c1-9(15)6-7-19(17,18)8-12(16)14-11-4-2-10(13)3-5-11/h2-5H,6-8H2,1H3,(H,14,16). The van der Waals surface area contributed by atoms with Crippen LogP contribution in [0.1, 0.15) is 13.3 Å². The molecule has 19 heavy (non-hydrogen) atoms. The van der Waals surface area contributed by atoms with Crippen molar-refractivity contribution in [2.24, 2.45) is 0 Å². The van der Waals surface area contributed by atoms with Gasteiger partial charge in [0, 0.05) is 17.1 Å². The first-order valence-electron chi connectivity index (χ1n) is 5.54. The average Bonchev–Trinajstić information content (AvgIpc) is 2.29. The molecule has 0 aromatic heterocycles. The first kappa shape index (κ1) is 15.7. The highest BCUT2D eigenvalue weighted by Crippen LogP contribution is 2.13. The van der Waals surface area contributed by atoms with Gasteiger partial charge in [-0.2, -0.15) is 0 Å². The molecule has 0 fully saturated rings. The molecule has 0 aliphatic rings. The lowest BCUT2D eigenvalue weighted by atomic mass is 10.3. The Bertz CT molecular complexity index is 566. The zero-order chi connectivity index (χ0) is 14.5. The molecular formula is C12H14ClNO4S. The Morgan fingerprint density at radius 2 is 1.79 bits per heavy atom.